The lowest BCUT2D eigenvalue weighted by Gasteiger charge is -2.39. The van der Waals surface area contributed by atoms with Crippen molar-refractivity contribution in [3.8, 4) is 0 Å². The molecule has 0 aromatic heterocycles. The van der Waals surface area contributed by atoms with Crippen LogP contribution in [-0.2, 0) is 23.7 Å². The van der Waals surface area contributed by atoms with Crippen molar-refractivity contribution in [2.24, 2.45) is 0 Å². The maximum Gasteiger partial charge on any atom is 0.306 e. The van der Waals surface area contributed by atoms with Crippen LogP contribution < -0.4 is 0 Å². The van der Waals surface area contributed by atoms with E-state index in [-0.39, 0.29) is 25.6 Å². The normalized spacial score (nSPS) is 23.7. The van der Waals surface area contributed by atoms with Crippen LogP contribution in [0.4, 0.5) is 0 Å². The Morgan fingerprint density at radius 3 is 1.93 bits per heavy atom. The topological polar surface area (TPSA) is 135 Å². The summed E-state index contributed by atoms with van der Waals surface area (Å²) in [6.07, 6.45) is 16.8. The van der Waals surface area contributed by atoms with Crippen LogP contribution in [0.25, 0.3) is 0 Å². The largest absolute Gasteiger partial charge is 0.457 e. The lowest BCUT2D eigenvalue weighted by molar-refractivity contribution is -0.305. The summed E-state index contributed by atoms with van der Waals surface area (Å²) in [4.78, 5) is 12.0. The number of aliphatic hydroxyl groups is 4. The molecule has 0 radical (unpaired) electrons. The minimum atomic E-state index is -1.53. The molecule has 1 aliphatic rings. The van der Waals surface area contributed by atoms with E-state index in [1.807, 2.05) is 6.92 Å². The van der Waals surface area contributed by atoms with Crippen molar-refractivity contribution in [2.75, 3.05) is 26.4 Å². The molecule has 1 rings (SSSR count). The Bertz CT molecular complexity index is 643. The Kier molecular flexibility index (Phi) is 23.5. The molecule has 0 spiro atoms. The summed E-state index contributed by atoms with van der Waals surface area (Å²) >= 11 is 0. The summed E-state index contributed by atoms with van der Waals surface area (Å²) < 4.78 is 22.1. The molecule has 0 aromatic rings. The van der Waals surface area contributed by atoms with Gasteiger partial charge in [-0.15, -0.1) is 0 Å². The second-order valence-electron chi connectivity index (χ2n) is 11.3. The number of aliphatic hydroxyl groups excluding tert-OH is 4. The number of hydrogen-bond donors (Lipinski definition) is 4. The van der Waals surface area contributed by atoms with Gasteiger partial charge in [-0.2, -0.15) is 0 Å². The molecule has 0 aromatic carbocycles. The van der Waals surface area contributed by atoms with E-state index >= 15 is 0 Å². The van der Waals surface area contributed by atoms with Crippen molar-refractivity contribution in [1.82, 2.24) is 0 Å². The Hall–Kier alpha value is -1.07. The Balaban J connectivity index is 2.14. The lowest BCUT2D eigenvalue weighted by atomic mass is 9.99. The monoisotopic (exact) mass is 588 g/mol. The fraction of sp³-hybridized carbons (Fsp3) is 0.906. The van der Waals surface area contributed by atoms with Gasteiger partial charge in [0.2, 0.25) is 0 Å². The van der Waals surface area contributed by atoms with Gasteiger partial charge < -0.3 is 39.4 Å². The molecule has 9 heteroatoms. The number of rotatable bonds is 26. The summed E-state index contributed by atoms with van der Waals surface area (Å²) in [5, 5.41) is 39.4. The van der Waals surface area contributed by atoms with Crippen LogP contribution in [0.2, 0.25) is 0 Å². The molecule has 1 aliphatic heterocycles. The molecule has 1 heterocycles. The van der Waals surface area contributed by atoms with Gasteiger partial charge in [-0.3, -0.25) is 4.79 Å². The highest BCUT2D eigenvalue weighted by Crippen LogP contribution is 2.22. The van der Waals surface area contributed by atoms with Crippen LogP contribution in [0.5, 0.6) is 0 Å². The smallest absolute Gasteiger partial charge is 0.306 e. The predicted octanol–water partition coefficient (Wildman–Crippen LogP) is 4.96. The third-order valence-corrected chi connectivity index (χ3v) is 7.40. The van der Waals surface area contributed by atoms with Crippen LogP contribution in [0.3, 0.4) is 0 Å². The molecule has 0 bridgehead atoms. The number of allylic oxidation sites excluding steroid dienone is 2. The molecule has 1 fully saturated rings. The van der Waals surface area contributed by atoms with Gasteiger partial charge in [0, 0.05) is 13.0 Å². The molecule has 242 valence electrons. The average Bonchev–Trinajstić information content (AvgIpc) is 2.96. The molecular formula is C32H60O9. The number of unbranched alkanes of at least 4 members (excludes halogenated alkanes) is 13. The quantitative estimate of drug-likeness (QED) is 0.0628. The zero-order chi connectivity index (χ0) is 30.1. The third-order valence-electron chi connectivity index (χ3n) is 7.40. The van der Waals surface area contributed by atoms with Crippen LogP contribution in [0.1, 0.15) is 123 Å². The van der Waals surface area contributed by atoms with Crippen molar-refractivity contribution < 1.29 is 44.2 Å². The van der Waals surface area contributed by atoms with E-state index < -0.39 is 43.4 Å². The summed E-state index contributed by atoms with van der Waals surface area (Å²) in [6.45, 7) is 4.16. The molecule has 4 N–H and O–H groups in total. The highest BCUT2D eigenvalue weighted by molar-refractivity contribution is 5.69. The Morgan fingerprint density at radius 1 is 0.756 bits per heavy atom. The van der Waals surface area contributed by atoms with Gasteiger partial charge in [0.25, 0.3) is 0 Å². The molecule has 6 unspecified atom stereocenters. The first kappa shape index (κ1) is 38.0. The molecule has 0 aliphatic carbocycles. The van der Waals surface area contributed by atoms with Gasteiger partial charge in [-0.1, -0.05) is 90.2 Å². The first-order valence-corrected chi connectivity index (χ1v) is 16.3. The number of ether oxygens (including phenoxy) is 4. The highest BCUT2D eigenvalue weighted by atomic mass is 16.7. The predicted molar refractivity (Wildman–Crippen MR) is 159 cm³/mol. The van der Waals surface area contributed by atoms with Crippen LogP contribution in [0, 0.1) is 0 Å². The highest BCUT2D eigenvalue weighted by Gasteiger charge is 2.44. The van der Waals surface area contributed by atoms with Crippen molar-refractivity contribution >= 4 is 5.97 Å². The zero-order valence-electron chi connectivity index (χ0n) is 25.8. The summed E-state index contributed by atoms with van der Waals surface area (Å²) in [6, 6.07) is 0. The van der Waals surface area contributed by atoms with Gasteiger partial charge in [-0.25, -0.2) is 0 Å². The number of carbonyl (C=O) groups excluding carboxylic acids is 1. The van der Waals surface area contributed by atoms with E-state index in [2.05, 4.69) is 19.1 Å². The van der Waals surface area contributed by atoms with Crippen molar-refractivity contribution in [2.45, 2.75) is 160 Å². The standard InChI is InChI=1S/C32H60O9/c1-3-5-6-7-8-9-10-11-12-13-14-15-16-17-18-19-20-22-38-24-26(40-28(34)21-4-2)25-39-32-31(37)30(36)29(35)27(23-33)41-32/h12-13,26-27,29-33,35-37H,3-11,14-25H2,1-2H3/b13-12-. The van der Waals surface area contributed by atoms with Crippen molar-refractivity contribution in [3.05, 3.63) is 12.2 Å². The van der Waals surface area contributed by atoms with E-state index in [0.717, 1.165) is 12.8 Å². The van der Waals surface area contributed by atoms with Crippen LogP contribution in [-0.4, -0.2) is 89.6 Å². The Morgan fingerprint density at radius 2 is 1.34 bits per heavy atom. The molecule has 0 amide bonds. The third kappa shape index (κ3) is 18.3. The number of esters is 1. The van der Waals surface area contributed by atoms with Crippen LogP contribution >= 0.6 is 0 Å². The molecule has 1 saturated heterocycles. The van der Waals surface area contributed by atoms with Crippen molar-refractivity contribution in [1.29, 1.82) is 0 Å². The lowest BCUT2D eigenvalue weighted by Crippen LogP contribution is -2.59. The molecule has 0 saturated carbocycles. The summed E-state index contributed by atoms with van der Waals surface area (Å²) in [7, 11) is 0. The van der Waals surface area contributed by atoms with Gasteiger partial charge >= 0.3 is 5.97 Å². The van der Waals surface area contributed by atoms with Gasteiger partial charge in [-0.05, 0) is 38.5 Å². The zero-order valence-corrected chi connectivity index (χ0v) is 25.8. The minimum absolute atomic E-state index is 0.119. The summed E-state index contributed by atoms with van der Waals surface area (Å²) in [5.74, 6) is -0.369. The van der Waals surface area contributed by atoms with E-state index in [4.69, 9.17) is 18.9 Å². The van der Waals surface area contributed by atoms with Gasteiger partial charge in [0.05, 0.1) is 19.8 Å². The fourth-order valence-electron chi connectivity index (χ4n) is 4.82. The molecule has 6 atom stereocenters. The molecular weight excluding hydrogens is 528 g/mol. The van der Waals surface area contributed by atoms with Gasteiger partial charge in [0.15, 0.2) is 6.29 Å². The maximum absolute atomic E-state index is 12.0. The van der Waals surface area contributed by atoms with Crippen LogP contribution in [0.15, 0.2) is 12.2 Å². The first-order chi connectivity index (χ1) is 19.9. The summed E-state index contributed by atoms with van der Waals surface area (Å²) in [5.41, 5.74) is 0. The molecule has 9 nitrogen and oxygen atoms in total. The number of carbonyl (C=O) groups is 1. The van der Waals surface area contributed by atoms with E-state index in [9.17, 15) is 25.2 Å². The minimum Gasteiger partial charge on any atom is -0.457 e. The van der Waals surface area contributed by atoms with E-state index in [1.54, 1.807) is 0 Å². The maximum atomic E-state index is 12.0. The fourth-order valence-corrected chi connectivity index (χ4v) is 4.82. The Labute approximate surface area is 248 Å². The van der Waals surface area contributed by atoms with Crippen molar-refractivity contribution in [3.63, 3.8) is 0 Å². The SMILES string of the molecule is CCCCCCCCC/C=C\CCCCCCCCOCC(COC1OC(CO)C(O)C(O)C1O)OC(=O)CCC. The number of hydrogen-bond acceptors (Lipinski definition) is 9. The first-order valence-electron chi connectivity index (χ1n) is 16.3. The van der Waals surface area contributed by atoms with E-state index in [0.29, 0.717) is 13.0 Å². The second-order valence-corrected chi connectivity index (χ2v) is 11.3. The van der Waals surface area contributed by atoms with E-state index in [1.165, 1.54) is 83.5 Å². The molecule has 41 heavy (non-hydrogen) atoms. The second kappa shape index (κ2) is 25.4. The average molecular weight is 589 g/mol. The van der Waals surface area contributed by atoms with Gasteiger partial charge in [0.1, 0.15) is 30.5 Å².